The van der Waals surface area contributed by atoms with E-state index in [1.165, 1.54) is 0 Å². The average Bonchev–Trinajstić information content (AvgIpc) is 2.97. The van der Waals surface area contributed by atoms with Gasteiger partial charge < -0.3 is 5.32 Å². The molecule has 0 radical (unpaired) electrons. The minimum atomic E-state index is -2.25. The molecule has 1 aliphatic carbocycles. The second kappa shape index (κ2) is 14.3. The molecule has 2 nitrogen and oxygen atoms in total. The Kier molecular flexibility index (Phi) is 18.5. The number of halogens is 2. The van der Waals surface area contributed by atoms with Gasteiger partial charge in [-0.05, 0) is 5.92 Å². The van der Waals surface area contributed by atoms with Crippen LogP contribution < -0.4 is 5.32 Å². The maximum Gasteiger partial charge on any atom is 0.248 e. The predicted molar refractivity (Wildman–Crippen MR) is 65.8 cm³/mol. The normalized spacial score (nSPS) is 14.1. The number of nitrogens with one attached hydrogen (secondary N) is 1. The Morgan fingerprint density at radius 3 is 1.56 bits per heavy atom. The molecule has 0 aromatic rings. The molecule has 0 unspecified atom stereocenters. The van der Waals surface area contributed by atoms with Gasteiger partial charge in [0, 0.05) is 19.4 Å². The van der Waals surface area contributed by atoms with Crippen LogP contribution in [0.3, 0.4) is 0 Å². The first-order chi connectivity index (χ1) is 7.48. The molecule has 1 amide bonds. The van der Waals surface area contributed by atoms with Crippen LogP contribution in [0.25, 0.3) is 0 Å². The van der Waals surface area contributed by atoms with E-state index in [0.717, 1.165) is 13.0 Å². The Hall–Kier alpha value is -0.670. The Morgan fingerprint density at radius 1 is 1.19 bits per heavy atom. The molecule has 1 N–H and O–H groups in total. The summed E-state index contributed by atoms with van der Waals surface area (Å²) >= 11 is 0. The first-order valence-corrected chi connectivity index (χ1v) is 6.03. The van der Waals surface area contributed by atoms with E-state index in [-0.39, 0.29) is 12.8 Å². The number of carbonyl (C=O) groups excluding carboxylic acids is 1. The zero-order valence-corrected chi connectivity index (χ0v) is 11.4. The Bertz CT molecular complexity index is 133. The van der Waals surface area contributed by atoms with Crippen LogP contribution in [-0.2, 0) is 4.79 Å². The van der Waals surface area contributed by atoms with Gasteiger partial charge in [-0.25, -0.2) is 8.78 Å². The van der Waals surface area contributed by atoms with Crippen molar-refractivity contribution in [3.63, 3.8) is 0 Å². The molecule has 0 heterocycles. The molecule has 0 aromatic carbocycles. The molecule has 1 rings (SSSR count). The lowest BCUT2D eigenvalue weighted by atomic mass is 10.2. The van der Waals surface area contributed by atoms with Crippen LogP contribution in [0.1, 0.15) is 54.4 Å². The number of amides is 1. The fourth-order valence-electron chi connectivity index (χ4n) is 0.378. The van der Waals surface area contributed by atoms with Crippen LogP contribution in [0.2, 0.25) is 0 Å². The Balaban J connectivity index is -0.000000164. The van der Waals surface area contributed by atoms with E-state index in [9.17, 15) is 13.6 Å². The van der Waals surface area contributed by atoms with Crippen molar-refractivity contribution in [3.05, 3.63) is 0 Å². The second-order valence-electron chi connectivity index (χ2n) is 3.28. The first kappa shape index (κ1) is 20.7. The smallest absolute Gasteiger partial charge is 0.248 e. The lowest BCUT2D eigenvalue weighted by Crippen LogP contribution is -2.16. The lowest BCUT2D eigenvalue weighted by molar-refractivity contribution is -0.109. The molecular formula is C12H27F2NO. The number of hydrogen-bond donors (Lipinski definition) is 1. The van der Waals surface area contributed by atoms with Gasteiger partial charge in [-0.2, -0.15) is 0 Å². The summed E-state index contributed by atoms with van der Waals surface area (Å²) in [4.78, 5) is 9.60. The fraction of sp³-hybridized carbons (Fsp3) is 0.917. The maximum absolute atomic E-state index is 11.1. The highest BCUT2D eigenvalue weighted by Gasteiger charge is 2.43. The Morgan fingerprint density at radius 2 is 1.50 bits per heavy atom. The van der Waals surface area contributed by atoms with Crippen molar-refractivity contribution in [2.45, 2.75) is 60.3 Å². The third-order valence-corrected chi connectivity index (χ3v) is 1.24. The van der Waals surface area contributed by atoms with E-state index < -0.39 is 5.92 Å². The van der Waals surface area contributed by atoms with Crippen molar-refractivity contribution in [3.8, 4) is 0 Å². The molecule has 0 aliphatic heterocycles. The molecule has 0 aromatic heterocycles. The van der Waals surface area contributed by atoms with E-state index >= 15 is 0 Å². The van der Waals surface area contributed by atoms with Crippen LogP contribution >= 0.6 is 0 Å². The lowest BCUT2D eigenvalue weighted by Gasteiger charge is -1.98. The average molecular weight is 239 g/mol. The molecular weight excluding hydrogens is 212 g/mol. The SMILES string of the molecule is CC.CC.CC(C)CNC=O.FC1(F)CC1. The summed E-state index contributed by atoms with van der Waals surface area (Å²) in [6, 6.07) is 0. The summed E-state index contributed by atoms with van der Waals surface area (Å²) in [5.74, 6) is -1.69. The quantitative estimate of drug-likeness (QED) is 0.744. The summed E-state index contributed by atoms with van der Waals surface area (Å²) in [7, 11) is 0. The topological polar surface area (TPSA) is 29.1 Å². The van der Waals surface area contributed by atoms with Crippen LogP contribution in [0.15, 0.2) is 0 Å². The molecule has 0 atom stereocenters. The van der Waals surface area contributed by atoms with Gasteiger partial charge in [-0.15, -0.1) is 0 Å². The van der Waals surface area contributed by atoms with Crippen LogP contribution in [0.5, 0.6) is 0 Å². The van der Waals surface area contributed by atoms with Gasteiger partial charge in [-0.3, -0.25) is 4.79 Å². The summed E-state index contributed by atoms with van der Waals surface area (Å²) in [5, 5.41) is 2.57. The number of rotatable bonds is 3. The van der Waals surface area contributed by atoms with E-state index in [1.54, 1.807) is 0 Å². The predicted octanol–water partition coefficient (Wildman–Crippen LogP) is 3.86. The van der Waals surface area contributed by atoms with Crippen molar-refractivity contribution in [2.24, 2.45) is 5.92 Å². The zero-order valence-electron chi connectivity index (χ0n) is 11.4. The van der Waals surface area contributed by atoms with Crippen molar-refractivity contribution in [1.29, 1.82) is 0 Å². The highest BCUT2D eigenvalue weighted by molar-refractivity contribution is 5.45. The van der Waals surface area contributed by atoms with E-state index in [2.05, 4.69) is 19.2 Å². The van der Waals surface area contributed by atoms with Gasteiger partial charge in [-0.1, -0.05) is 41.5 Å². The highest BCUT2D eigenvalue weighted by atomic mass is 19.3. The fourth-order valence-corrected chi connectivity index (χ4v) is 0.378. The molecule has 100 valence electrons. The second-order valence-corrected chi connectivity index (χ2v) is 3.28. The van der Waals surface area contributed by atoms with Crippen molar-refractivity contribution < 1.29 is 13.6 Å². The standard InChI is InChI=1S/C5H11NO.C3H4F2.2C2H6/c1-5(2)3-6-4-7;4-3(5)1-2-3;2*1-2/h4-5H,3H2,1-2H3,(H,6,7);1-2H2;2*1-2H3. The van der Waals surface area contributed by atoms with Crippen LogP contribution in [-0.4, -0.2) is 18.9 Å². The minimum Gasteiger partial charge on any atom is -0.358 e. The maximum atomic E-state index is 11.1. The van der Waals surface area contributed by atoms with Crippen LogP contribution in [0.4, 0.5) is 8.78 Å². The van der Waals surface area contributed by atoms with E-state index in [4.69, 9.17) is 0 Å². The van der Waals surface area contributed by atoms with Crippen molar-refractivity contribution in [2.75, 3.05) is 6.54 Å². The monoisotopic (exact) mass is 239 g/mol. The number of alkyl halides is 2. The molecule has 1 fully saturated rings. The first-order valence-electron chi connectivity index (χ1n) is 6.03. The number of hydrogen-bond acceptors (Lipinski definition) is 1. The molecule has 0 bridgehead atoms. The van der Waals surface area contributed by atoms with Gasteiger partial charge >= 0.3 is 0 Å². The molecule has 1 saturated carbocycles. The summed E-state index contributed by atoms with van der Waals surface area (Å²) < 4.78 is 22.3. The zero-order chi connectivity index (χ0) is 13.6. The molecule has 1 aliphatic rings. The summed E-state index contributed by atoms with van der Waals surface area (Å²) in [5.41, 5.74) is 0. The van der Waals surface area contributed by atoms with Gasteiger partial charge in [0.1, 0.15) is 0 Å². The third-order valence-electron chi connectivity index (χ3n) is 1.24. The Labute approximate surface area is 98.8 Å². The molecule has 16 heavy (non-hydrogen) atoms. The van der Waals surface area contributed by atoms with Crippen LogP contribution in [0, 0.1) is 5.92 Å². The highest BCUT2D eigenvalue weighted by Crippen LogP contribution is 2.40. The summed E-state index contributed by atoms with van der Waals surface area (Å²) in [6.45, 7) is 12.9. The molecule has 4 heteroatoms. The van der Waals surface area contributed by atoms with Gasteiger partial charge in [0.05, 0.1) is 0 Å². The number of carbonyl (C=O) groups is 1. The van der Waals surface area contributed by atoms with Gasteiger partial charge in [0.2, 0.25) is 12.3 Å². The molecule has 0 spiro atoms. The largest absolute Gasteiger partial charge is 0.358 e. The van der Waals surface area contributed by atoms with E-state index in [1.807, 2.05) is 27.7 Å². The summed E-state index contributed by atoms with van der Waals surface area (Å²) in [6.07, 6.45) is 0.958. The molecule has 0 saturated heterocycles. The third kappa shape index (κ3) is 29.2. The van der Waals surface area contributed by atoms with Crippen molar-refractivity contribution in [1.82, 2.24) is 5.32 Å². The van der Waals surface area contributed by atoms with Crippen molar-refractivity contribution >= 4 is 6.41 Å². The van der Waals surface area contributed by atoms with E-state index in [0.29, 0.717) is 5.92 Å². The van der Waals surface area contributed by atoms with Gasteiger partial charge in [0.25, 0.3) is 0 Å². The minimum absolute atomic E-state index is 0.118. The van der Waals surface area contributed by atoms with Gasteiger partial charge in [0.15, 0.2) is 0 Å².